The maximum absolute atomic E-state index is 13.0. The minimum absolute atomic E-state index is 0. The molecule has 276 valence electrons. The first-order chi connectivity index (χ1) is 25.0. The van der Waals surface area contributed by atoms with Crippen LogP contribution >= 0.6 is 0 Å². The number of benzene rings is 3. The minimum atomic E-state index is -0.874. The van der Waals surface area contributed by atoms with Crippen molar-refractivity contribution >= 4 is 50.0 Å². The van der Waals surface area contributed by atoms with Crippen LogP contribution in [0, 0.1) is 52.5 Å². The van der Waals surface area contributed by atoms with E-state index in [1.54, 1.807) is 59.5 Å². The van der Waals surface area contributed by atoms with Gasteiger partial charge in [-0.2, -0.15) is 0 Å². The van der Waals surface area contributed by atoms with E-state index in [4.69, 9.17) is 0 Å². The SMILES string of the molecule is O=C(NCCN(CCNC(=O)c1cc2ccccc2c(=O)n1[O-])CCNC(=O)c1cc2ccccc2c(=O)n1[O-])c1cc2ccccc2c(=O)n1[O-].[Tm+3]. The van der Waals surface area contributed by atoms with Crippen LogP contribution in [0.5, 0.6) is 0 Å². The summed E-state index contributed by atoms with van der Waals surface area (Å²) in [6.07, 6.45) is 0. The Balaban J connectivity index is 0.00000541. The Morgan fingerprint density at radius 3 is 1.04 bits per heavy atom. The second-order valence-corrected chi connectivity index (χ2v) is 11.8. The molecule has 17 heteroatoms. The molecule has 0 saturated heterocycles. The first-order valence-electron chi connectivity index (χ1n) is 16.1. The van der Waals surface area contributed by atoms with Crippen molar-refractivity contribution in [2.45, 2.75) is 0 Å². The molecule has 0 unspecified atom stereocenters. The largest absolute Gasteiger partial charge is 3.00 e. The first-order valence-corrected chi connectivity index (χ1v) is 16.1. The van der Waals surface area contributed by atoms with Crippen LogP contribution in [0.1, 0.15) is 31.5 Å². The van der Waals surface area contributed by atoms with Gasteiger partial charge in [-0.15, -0.1) is 0 Å². The molecule has 6 aromatic rings. The van der Waals surface area contributed by atoms with Gasteiger partial charge in [0.1, 0.15) is 17.1 Å². The van der Waals surface area contributed by atoms with Gasteiger partial charge in [-0.05, 0) is 52.6 Å². The molecule has 3 amide bonds. The van der Waals surface area contributed by atoms with Gasteiger partial charge in [-0.25, -0.2) is 0 Å². The third kappa shape index (κ3) is 8.19. The summed E-state index contributed by atoms with van der Waals surface area (Å²) in [4.78, 5) is 78.1. The molecule has 3 aromatic heterocycles. The van der Waals surface area contributed by atoms with Crippen molar-refractivity contribution in [2.24, 2.45) is 0 Å². The van der Waals surface area contributed by atoms with Gasteiger partial charge in [0, 0.05) is 55.4 Å². The normalized spacial score (nSPS) is 11.0. The quantitative estimate of drug-likeness (QED) is 0.161. The molecule has 0 aliphatic carbocycles. The van der Waals surface area contributed by atoms with Crippen molar-refractivity contribution in [2.75, 3.05) is 39.3 Å². The van der Waals surface area contributed by atoms with Crippen LogP contribution in [-0.2, 0) is 0 Å². The van der Waals surface area contributed by atoms with Gasteiger partial charge in [-0.1, -0.05) is 54.6 Å². The summed E-state index contributed by atoms with van der Waals surface area (Å²) in [5.74, 6) is -2.39. The van der Waals surface area contributed by atoms with E-state index < -0.39 is 51.5 Å². The summed E-state index contributed by atoms with van der Waals surface area (Å²) in [6.45, 7) is 0.280. The Morgan fingerprint density at radius 2 is 0.755 bits per heavy atom. The van der Waals surface area contributed by atoms with Crippen LogP contribution < -0.4 is 32.6 Å². The van der Waals surface area contributed by atoms with Crippen molar-refractivity contribution in [3.05, 3.63) is 155 Å². The van der Waals surface area contributed by atoms with Crippen molar-refractivity contribution < 1.29 is 51.3 Å². The van der Waals surface area contributed by atoms with Gasteiger partial charge in [-0.3, -0.25) is 33.7 Å². The summed E-state index contributed by atoms with van der Waals surface area (Å²) >= 11 is 0. The summed E-state index contributed by atoms with van der Waals surface area (Å²) in [6, 6.07) is 23.0. The number of fused-ring (bicyclic) bond motifs is 3. The smallest absolute Gasteiger partial charge is 0.803 e. The van der Waals surface area contributed by atoms with E-state index >= 15 is 0 Å². The molecule has 0 saturated carbocycles. The number of nitrogens with zero attached hydrogens (tertiary/aromatic N) is 4. The number of amides is 3. The Hall–Kier alpha value is -5.71. The molecule has 6 rings (SSSR count). The molecule has 0 aliphatic rings. The van der Waals surface area contributed by atoms with Crippen molar-refractivity contribution in [1.29, 1.82) is 0 Å². The molecule has 0 fully saturated rings. The molecule has 3 aromatic carbocycles. The molecular weight excluding hydrogens is 843 g/mol. The third-order valence-corrected chi connectivity index (χ3v) is 8.50. The molecule has 53 heavy (non-hydrogen) atoms. The third-order valence-electron chi connectivity index (χ3n) is 8.50. The van der Waals surface area contributed by atoms with E-state index in [0.717, 1.165) is 0 Å². The Labute approximate surface area is 328 Å². The fourth-order valence-corrected chi connectivity index (χ4v) is 5.79. The predicted molar refractivity (Wildman–Crippen MR) is 194 cm³/mol. The number of pyridine rings is 3. The second kappa shape index (κ2) is 16.8. The molecule has 0 bridgehead atoms. The number of hydrogen-bond acceptors (Lipinski definition) is 10. The topological polar surface area (TPSA) is 226 Å². The number of carbonyl (C=O) groups excluding carboxylic acids is 3. The van der Waals surface area contributed by atoms with Crippen LogP contribution in [0.2, 0.25) is 0 Å². The zero-order valence-electron chi connectivity index (χ0n) is 27.6. The second-order valence-electron chi connectivity index (χ2n) is 11.8. The molecular formula is C36H30N7O9Tm. The average Bonchev–Trinajstić information content (AvgIpc) is 3.15. The Morgan fingerprint density at radius 1 is 0.491 bits per heavy atom. The van der Waals surface area contributed by atoms with Crippen LogP contribution in [-0.4, -0.2) is 76.1 Å². The first kappa shape index (κ1) is 38.5. The monoisotopic (exact) mass is 873 g/mol. The van der Waals surface area contributed by atoms with Gasteiger partial charge in [0.2, 0.25) is 0 Å². The number of carbonyl (C=O) groups is 3. The van der Waals surface area contributed by atoms with E-state index in [1.807, 2.05) is 0 Å². The van der Waals surface area contributed by atoms with Crippen molar-refractivity contribution in [3.8, 4) is 0 Å². The number of rotatable bonds is 12. The van der Waals surface area contributed by atoms with E-state index in [9.17, 15) is 44.4 Å². The maximum Gasteiger partial charge on any atom is 3.00 e. The van der Waals surface area contributed by atoms with Gasteiger partial charge in [0.05, 0.1) is 0 Å². The maximum atomic E-state index is 13.0. The summed E-state index contributed by atoms with van der Waals surface area (Å²) < 4.78 is 0.0574. The predicted octanol–water partition coefficient (Wildman–Crippen LogP) is 1.56. The fraction of sp³-hybridized carbons (Fsp3) is 0.167. The Bertz CT molecular complexity index is 2270. The molecule has 0 atom stereocenters. The van der Waals surface area contributed by atoms with E-state index in [-0.39, 0.29) is 106 Å². The molecule has 0 aliphatic heterocycles. The van der Waals surface area contributed by atoms with Crippen molar-refractivity contribution in [1.82, 2.24) is 35.0 Å². The van der Waals surface area contributed by atoms with Crippen LogP contribution in [0.4, 0.5) is 0 Å². The summed E-state index contributed by atoms with van der Waals surface area (Å²) in [5, 5.41) is 47.3. The van der Waals surface area contributed by atoms with Gasteiger partial charge in [0.15, 0.2) is 0 Å². The fourth-order valence-electron chi connectivity index (χ4n) is 5.79. The van der Waals surface area contributed by atoms with Gasteiger partial charge < -0.3 is 45.8 Å². The average molecular weight is 874 g/mol. The Kier molecular flexibility index (Phi) is 12.2. The van der Waals surface area contributed by atoms with Crippen molar-refractivity contribution in [3.63, 3.8) is 0 Å². The molecule has 0 radical (unpaired) electrons. The van der Waals surface area contributed by atoms with E-state index in [1.165, 1.54) is 36.4 Å². The molecule has 16 nitrogen and oxygen atoms in total. The molecule has 3 N–H and O–H groups in total. The zero-order valence-corrected chi connectivity index (χ0v) is 29.4. The number of hydrogen-bond donors (Lipinski definition) is 3. The van der Waals surface area contributed by atoms with Gasteiger partial charge >= 0.3 is 36.9 Å². The molecule has 3 heterocycles. The van der Waals surface area contributed by atoms with Gasteiger partial charge in [0.25, 0.3) is 34.4 Å². The number of nitrogens with one attached hydrogen (secondary N) is 3. The van der Waals surface area contributed by atoms with E-state index in [2.05, 4.69) is 16.0 Å². The van der Waals surface area contributed by atoms with Crippen LogP contribution in [0.3, 0.4) is 0 Å². The van der Waals surface area contributed by atoms with Crippen LogP contribution in [0.15, 0.2) is 105 Å². The summed E-state index contributed by atoms with van der Waals surface area (Å²) in [7, 11) is 0. The minimum Gasteiger partial charge on any atom is -0.803 e. The number of aromatic nitrogens is 3. The zero-order chi connectivity index (χ0) is 36.9. The van der Waals surface area contributed by atoms with Crippen LogP contribution in [0.25, 0.3) is 32.3 Å². The summed E-state index contributed by atoms with van der Waals surface area (Å²) in [5.41, 5.74) is -3.81. The van der Waals surface area contributed by atoms with E-state index in [0.29, 0.717) is 16.2 Å². The standard InChI is InChI=1S/C36H30N7O9.Tm/c44-31(28-19-22-7-1-4-10-25(22)34(47)41(28)50)37-13-16-40(17-14-38-32(45)29-20-23-8-2-5-11-26(23)35(48)42(29)51)18-15-39-33(46)30-21-24-9-3-6-12-27(24)36(49)43(30)52;/h1-12,19-21H,13-18H2,(H,37,44)(H,38,45)(H,39,46);/q-3;+3. The molecule has 0 spiro atoms.